The molecule has 4 saturated carbocycles. The van der Waals surface area contributed by atoms with Crippen LogP contribution in [0.1, 0.15) is 32.6 Å². The van der Waals surface area contributed by atoms with Gasteiger partial charge in [-0.25, -0.2) is 0 Å². The molecule has 6 aliphatic rings. The quantitative estimate of drug-likeness (QED) is 0.641. The molecule has 2 saturated heterocycles. The summed E-state index contributed by atoms with van der Waals surface area (Å²) in [5.41, 5.74) is 0. The Morgan fingerprint density at radius 2 is 1.27 bits per heavy atom. The SMILES string of the molecule is C[C@H]1[C@H]2CCC3(OCCO3)[C@@H]12.ClC1[C@H]2CCC3(OCCO3)[C@@H]12. The minimum atomic E-state index is -0.239. The lowest BCUT2D eigenvalue weighted by Crippen LogP contribution is -2.31. The fourth-order valence-corrected chi connectivity index (χ4v) is 6.22. The van der Waals surface area contributed by atoms with Crippen LogP contribution in [0.15, 0.2) is 0 Å². The third kappa shape index (κ3) is 1.91. The monoisotopic (exact) mass is 328 g/mol. The Kier molecular flexibility index (Phi) is 3.17. The highest BCUT2D eigenvalue weighted by Crippen LogP contribution is 2.64. The molecule has 2 heterocycles. The maximum atomic E-state index is 6.06. The second-order valence-electron chi connectivity index (χ2n) is 7.78. The van der Waals surface area contributed by atoms with E-state index in [-0.39, 0.29) is 11.6 Å². The van der Waals surface area contributed by atoms with Crippen molar-refractivity contribution in [3.8, 4) is 0 Å². The van der Waals surface area contributed by atoms with Crippen LogP contribution in [0.4, 0.5) is 0 Å². The molecule has 0 amide bonds. The number of ether oxygens (including phenoxy) is 4. The Bertz CT molecular complexity index is 405. The molecule has 1 unspecified atom stereocenters. The highest BCUT2D eigenvalue weighted by Gasteiger charge is 2.68. The number of alkyl halides is 1. The predicted octanol–water partition coefficient (Wildman–Crippen LogP) is 2.78. The van der Waals surface area contributed by atoms with Gasteiger partial charge in [-0.15, -0.1) is 11.6 Å². The summed E-state index contributed by atoms with van der Waals surface area (Å²) in [5, 5.41) is 0.335. The lowest BCUT2D eigenvalue weighted by Gasteiger charge is -2.24. The molecule has 5 heteroatoms. The van der Waals surface area contributed by atoms with E-state index in [9.17, 15) is 0 Å². The molecule has 4 nitrogen and oxygen atoms in total. The third-order valence-corrected chi connectivity index (χ3v) is 7.45. The van der Waals surface area contributed by atoms with Gasteiger partial charge in [0.1, 0.15) is 0 Å². The van der Waals surface area contributed by atoms with Crippen molar-refractivity contribution in [3.63, 3.8) is 0 Å². The van der Waals surface area contributed by atoms with E-state index in [1.807, 2.05) is 0 Å². The van der Waals surface area contributed by atoms with Crippen LogP contribution in [0, 0.1) is 29.6 Å². The highest BCUT2D eigenvalue weighted by atomic mass is 35.5. The maximum Gasteiger partial charge on any atom is 0.173 e. The molecule has 2 aliphatic heterocycles. The normalized spacial score (nSPS) is 51.5. The molecule has 4 aliphatic carbocycles. The van der Waals surface area contributed by atoms with Gasteiger partial charge in [0.2, 0.25) is 0 Å². The number of hydrogen-bond donors (Lipinski definition) is 0. The van der Waals surface area contributed by atoms with Crippen molar-refractivity contribution in [1.82, 2.24) is 0 Å². The number of fused-ring (bicyclic) bond motifs is 4. The second kappa shape index (κ2) is 4.82. The van der Waals surface area contributed by atoms with Crippen molar-refractivity contribution in [2.45, 2.75) is 49.6 Å². The van der Waals surface area contributed by atoms with Gasteiger partial charge in [-0.3, -0.25) is 0 Å². The summed E-state index contributed by atoms with van der Waals surface area (Å²) in [4.78, 5) is 0. The summed E-state index contributed by atoms with van der Waals surface area (Å²) in [6, 6.07) is 0. The van der Waals surface area contributed by atoms with Crippen LogP contribution in [0.2, 0.25) is 0 Å². The average Bonchev–Trinajstić information content (AvgIpc) is 3.12. The second-order valence-corrected chi connectivity index (χ2v) is 8.28. The van der Waals surface area contributed by atoms with Crippen molar-refractivity contribution in [2.24, 2.45) is 29.6 Å². The first-order valence-electron chi connectivity index (χ1n) is 8.87. The molecule has 0 aromatic carbocycles. The Morgan fingerprint density at radius 1 is 0.773 bits per heavy atom. The van der Waals surface area contributed by atoms with Gasteiger partial charge in [-0.2, -0.15) is 0 Å². The van der Waals surface area contributed by atoms with E-state index >= 15 is 0 Å². The van der Waals surface area contributed by atoms with Gasteiger partial charge in [0, 0.05) is 30.1 Å². The van der Waals surface area contributed by atoms with Crippen LogP contribution >= 0.6 is 11.6 Å². The Balaban J connectivity index is 0.000000102. The van der Waals surface area contributed by atoms with Crippen LogP contribution in [-0.2, 0) is 18.9 Å². The Labute approximate surface area is 136 Å². The molecule has 0 radical (unpaired) electrons. The van der Waals surface area contributed by atoms with Crippen molar-refractivity contribution < 1.29 is 18.9 Å². The van der Waals surface area contributed by atoms with Crippen LogP contribution in [0.25, 0.3) is 0 Å². The number of halogens is 1. The zero-order valence-corrected chi connectivity index (χ0v) is 13.9. The van der Waals surface area contributed by atoms with Crippen LogP contribution in [0.3, 0.4) is 0 Å². The van der Waals surface area contributed by atoms with E-state index in [4.69, 9.17) is 30.5 Å². The summed E-state index contributed by atoms with van der Waals surface area (Å²) in [5.74, 6) is 3.38. The molecule has 0 aromatic heterocycles. The Morgan fingerprint density at radius 3 is 1.68 bits per heavy atom. The van der Waals surface area contributed by atoms with Gasteiger partial charge >= 0.3 is 0 Å². The van der Waals surface area contributed by atoms with Crippen LogP contribution in [-0.4, -0.2) is 43.4 Å². The van der Waals surface area contributed by atoms with E-state index in [2.05, 4.69) is 6.92 Å². The van der Waals surface area contributed by atoms with Crippen molar-refractivity contribution in [1.29, 1.82) is 0 Å². The first-order chi connectivity index (χ1) is 10.7. The molecule has 0 N–H and O–H groups in total. The summed E-state index contributed by atoms with van der Waals surface area (Å²) >= 11 is 6.06. The molecule has 6 atom stereocenters. The van der Waals surface area contributed by atoms with Gasteiger partial charge in [0.25, 0.3) is 0 Å². The first-order valence-corrected chi connectivity index (χ1v) is 9.30. The summed E-state index contributed by atoms with van der Waals surface area (Å²) < 4.78 is 22.6. The van der Waals surface area contributed by atoms with Crippen molar-refractivity contribution in [3.05, 3.63) is 0 Å². The molecule has 124 valence electrons. The lowest BCUT2D eigenvalue weighted by molar-refractivity contribution is -0.170. The summed E-state index contributed by atoms with van der Waals surface area (Å²) in [7, 11) is 0. The zero-order valence-electron chi connectivity index (χ0n) is 13.1. The summed E-state index contributed by atoms with van der Waals surface area (Å²) in [6.07, 6.45) is 4.73. The molecule has 0 bridgehead atoms. The van der Waals surface area contributed by atoms with E-state index in [1.54, 1.807) is 0 Å². The van der Waals surface area contributed by atoms with Gasteiger partial charge in [-0.05, 0) is 30.6 Å². The van der Waals surface area contributed by atoms with Gasteiger partial charge in [0.15, 0.2) is 11.6 Å². The minimum absolute atomic E-state index is 0.107. The Hall–Kier alpha value is 0.130. The minimum Gasteiger partial charge on any atom is -0.347 e. The van der Waals surface area contributed by atoms with Crippen molar-refractivity contribution >= 4 is 11.6 Å². The fourth-order valence-electron chi connectivity index (χ4n) is 5.64. The van der Waals surface area contributed by atoms with E-state index in [1.165, 1.54) is 12.8 Å². The number of rotatable bonds is 0. The van der Waals surface area contributed by atoms with E-state index < -0.39 is 0 Å². The van der Waals surface area contributed by atoms with Crippen molar-refractivity contribution in [2.75, 3.05) is 26.4 Å². The zero-order chi connectivity index (χ0) is 14.9. The molecular formula is C17H25ClO4. The topological polar surface area (TPSA) is 36.9 Å². The third-order valence-electron chi connectivity index (χ3n) is 6.85. The van der Waals surface area contributed by atoms with E-state index in [0.717, 1.165) is 57.0 Å². The largest absolute Gasteiger partial charge is 0.347 e. The van der Waals surface area contributed by atoms with Gasteiger partial charge < -0.3 is 18.9 Å². The van der Waals surface area contributed by atoms with Gasteiger partial charge in [0.05, 0.1) is 26.4 Å². The molecule has 2 spiro atoms. The molecule has 6 fully saturated rings. The standard InChI is InChI=1S/C9H14O2.C8H11ClO2/c1-6-7-2-3-9(8(6)7)10-4-5-11-9;9-7-5-1-2-8(6(5)7)10-3-4-11-8/h6-8H,2-5H2,1H3;5-7H,1-4H2/t6-,7+,8-;5-,6+,7?/m00/s1. The summed E-state index contributed by atoms with van der Waals surface area (Å²) in [6.45, 7) is 5.47. The molecular weight excluding hydrogens is 304 g/mol. The first kappa shape index (κ1) is 14.5. The van der Waals surface area contributed by atoms with Gasteiger partial charge in [-0.1, -0.05) is 6.92 Å². The number of hydrogen-bond acceptors (Lipinski definition) is 4. The highest BCUT2D eigenvalue weighted by molar-refractivity contribution is 6.23. The molecule has 0 aromatic rings. The fraction of sp³-hybridized carbons (Fsp3) is 1.00. The predicted molar refractivity (Wildman–Crippen MR) is 80.5 cm³/mol. The maximum absolute atomic E-state index is 6.06. The molecule has 22 heavy (non-hydrogen) atoms. The smallest absolute Gasteiger partial charge is 0.173 e. The van der Waals surface area contributed by atoms with Crippen LogP contribution < -0.4 is 0 Å². The van der Waals surface area contributed by atoms with Crippen LogP contribution in [0.5, 0.6) is 0 Å². The lowest BCUT2D eigenvalue weighted by atomic mass is 10.1. The average molecular weight is 329 g/mol. The molecule has 6 rings (SSSR count). The van der Waals surface area contributed by atoms with E-state index in [0.29, 0.717) is 17.2 Å².